The molecule has 9 heteroatoms. The Balaban J connectivity index is 1.46. The fourth-order valence-electron chi connectivity index (χ4n) is 3.66. The molecule has 138 valence electrons. The molecule has 0 radical (unpaired) electrons. The molecule has 9 nitrogen and oxygen atoms in total. The van der Waals surface area contributed by atoms with Crippen LogP contribution in [0.15, 0.2) is 49.2 Å². The molecule has 4 N–H and O–H groups in total. The molecule has 4 atom stereocenters. The normalized spacial score (nSPS) is 25.6. The number of hydrogen-bond acceptors (Lipinski definition) is 7. The van der Waals surface area contributed by atoms with Crippen molar-refractivity contribution < 1.29 is 14.9 Å². The maximum absolute atomic E-state index is 10.6. The van der Waals surface area contributed by atoms with E-state index < -0.39 is 24.5 Å². The second kappa shape index (κ2) is 6.02. The summed E-state index contributed by atoms with van der Waals surface area (Å²) in [7, 11) is 0. The smallest absolute Gasteiger partial charge is 0.167 e. The Morgan fingerprint density at radius 1 is 1.07 bits per heavy atom. The van der Waals surface area contributed by atoms with Crippen LogP contribution in [-0.2, 0) is 11.3 Å². The first kappa shape index (κ1) is 16.2. The molecule has 1 aromatic carbocycles. The van der Waals surface area contributed by atoms with Crippen LogP contribution in [-0.4, -0.2) is 52.6 Å². The lowest BCUT2D eigenvalue weighted by Crippen LogP contribution is -2.33. The molecule has 1 fully saturated rings. The SMILES string of the molecule is Nc1ncnc2c1ncn2[C@@H]1O[C@H](Cn2ccc3ccccc32)[C@@H](O)[C@H]1O. The van der Waals surface area contributed by atoms with Gasteiger partial charge in [0.2, 0.25) is 0 Å². The average molecular weight is 366 g/mol. The predicted molar refractivity (Wildman–Crippen MR) is 97.6 cm³/mol. The Morgan fingerprint density at radius 3 is 2.81 bits per heavy atom. The molecule has 4 heterocycles. The summed E-state index contributed by atoms with van der Waals surface area (Å²) in [6.45, 7) is 0.409. The van der Waals surface area contributed by atoms with E-state index in [1.807, 2.05) is 41.1 Å². The summed E-state index contributed by atoms with van der Waals surface area (Å²) >= 11 is 0. The largest absolute Gasteiger partial charge is 0.387 e. The zero-order valence-electron chi connectivity index (χ0n) is 14.3. The second-order valence-electron chi connectivity index (χ2n) is 6.66. The van der Waals surface area contributed by atoms with Crippen LogP contribution in [0.3, 0.4) is 0 Å². The highest BCUT2D eigenvalue weighted by atomic mass is 16.6. The minimum Gasteiger partial charge on any atom is -0.387 e. The van der Waals surface area contributed by atoms with E-state index in [4.69, 9.17) is 10.5 Å². The molecule has 1 aliphatic rings. The number of hydrogen-bond donors (Lipinski definition) is 3. The third-order valence-corrected chi connectivity index (χ3v) is 5.06. The van der Waals surface area contributed by atoms with E-state index in [1.54, 1.807) is 4.57 Å². The van der Waals surface area contributed by atoms with Gasteiger partial charge in [0.1, 0.15) is 30.2 Å². The fraction of sp³-hybridized carbons (Fsp3) is 0.278. The molecular formula is C18H18N6O3. The molecule has 1 aliphatic heterocycles. The number of benzene rings is 1. The van der Waals surface area contributed by atoms with Crippen LogP contribution >= 0.6 is 0 Å². The molecule has 1 saturated heterocycles. The Hall–Kier alpha value is -3.01. The Bertz CT molecular complexity index is 1120. The molecule has 0 unspecified atom stereocenters. The molecular weight excluding hydrogens is 348 g/mol. The highest BCUT2D eigenvalue weighted by Crippen LogP contribution is 2.33. The van der Waals surface area contributed by atoms with Gasteiger partial charge in [-0.15, -0.1) is 0 Å². The number of aliphatic hydroxyl groups excluding tert-OH is 2. The van der Waals surface area contributed by atoms with E-state index in [2.05, 4.69) is 15.0 Å². The predicted octanol–water partition coefficient (Wildman–Crippen LogP) is 0.683. The number of anilines is 1. The maximum Gasteiger partial charge on any atom is 0.167 e. The summed E-state index contributed by atoms with van der Waals surface area (Å²) in [5.41, 5.74) is 7.74. The molecule has 5 rings (SSSR count). The van der Waals surface area contributed by atoms with Crippen LogP contribution < -0.4 is 5.73 Å². The van der Waals surface area contributed by atoms with Crippen molar-refractivity contribution >= 4 is 27.9 Å². The van der Waals surface area contributed by atoms with Crippen molar-refractivity contribution in [3.05, 3.63) is 49.2 Å². The van der Waals surface area contributed by atoms with Crippen LogP contribution in [0.4, 0.5) is 5.82 Å². The average Bonchev–Trinajstić information content (AvgIpc) is 3.35. The van der Waals surface area contributed by atoms with E-state index >= 15 is 0 Å². The number of nitrogens with two attached hydrogens (primary N) is 1. The zero-order valence-corrected chi connectivity index (χ0v) is 14.3. The van der Waals surface area contributed by atoms with Gasteiger partial charge in [0.15, 0.2) is 17.7 Å². The summed E-state index contributed by atoms with van der Waals surface area (Å²) in [6.07, 6.45) is 1.20. The molecule has 0 saturated carbocycles. The molecule has 0 amide bonds. The number of rotatable bonds is 3. The van der Waals surface area contributed by atoms with Gasteiger partial charge < -0.3 is 25.3 Å². The first-order chi connectivity index (χ1) is 13.1. The van der Waals surface area contributed by atoms with Gasteiger partial charge in [0, 0.05) is 11.7 Å². The van der Waals surface area contributed by atoms with Crippen molar-refractivity contribution in [3.63, 3.8) is 0 Å². The Kier molecular flexibility index (Phi) is 3.61. The minimum absolute atomic E-state index is 0.252. The number of nitrogen functional groups attached to an aromatic ring is 1. The molecule has 27 heavy (non-hydrogen) atoms. The van der Waals surface area contributed by atoms with E-state index in [0.717, 1.165) is 10.9 Å². The van der Waals surface area contributed by atoms with Crippen LogP contribution in [0, 0.1) is 0 Å². The number of imidazole rings is 1. The van der Waals surface area contributed by atoms with Gasteiger partial charge >= 0.3 is 0 Å². The topological polar surface area (TPSA) is 124 Å². The van der Waals surface area contributed by atoms with Crippen molar-refractivity contribution in [2.24, 2.45) is 0 Å². The number of nitrogens with zero attached hydrogens (tertiary/aromatic N) is 5. The quantitative estimate of drug-likeness (QED) is 0.487. The first-order valence-electron chi connectivity index (χ1n) is 8.62. The van der Waals surface area contributed by atoms with E-state index in [0.29, 0.717) is 17.7 Å². The van der Waals surface area contributed by atoms with Gasteiger partial charge in [-0.25, -0.2) is 15.0 Å². The zero-order chi connectivity index (χ0) is 18.5. The summed E-state index contributed by atoms with van der Waals surface area (Å²) < 4.78 is 9.58. The monoisotopic (exact) mass is 366 g/mol. The van der Waals surface area contributed by atoms with Gasteiger partial charge in [-0.1, -0.05) is 18.2 Å². The summed E-state index contributed by atoms with van der Waals surface area (Å²) in [6, 6.07) is 9.98. The summed E-state index contributed by atoms with van der Waals surface area (Å²) in [5.74, 6) is 0.252. The van der Waals surface area contributed by atoms with E-state index in [9.17, 15) is 10.2 Å². The second-order valence-corrected chi connectivity index (χ2v) is 6.66. The van der Waals surface area contributed by atoms with Crippen LogP contribution in [0.25, 0.3) is 22.1 Å². The number of para-hydroxylation sites is 1. The molecule has 0 bridgehead atoms. The van der Waals surface area contributed by atoms with Crippen molar-refractivity contribution in [2.75, 3.05) is 5.73 Å². The van der Waals surface area contributed by atoms with Crippen molar-refractivity contribution in [2.45, 2.75) is 31.1 Å². The van der Waals surface area contributed by atoms with Crippen molar-refractivity contribution in [3.8, 4) is 0 Å². The third-order valence-electron chi connectivity index (χ3n) is 5.06. The number of aromatic nitrogens is 5. The molecule has 4 aromatic rings. The molecule has 0 aliphatic carbocycles. The van der Waals surface area contributed by atoms with Crippen LogP contribution in [0.2, 0.25) is 0 Å². The number of ether oxygens (including phenoxy) is 1. The van der Waals surface area contributed by atoms with Crippen molar-refractivity contribution in [1.29, 1.82) is 0 Å². The van der Waals surface area contributed by atoms with Crippen LogP contribution in [0.1, 0.15) is 6.23 Å². The lowest BCUT2D eigenvalue weighted by atomic mass is 10.1. The molecule has 3 aromatic heterocycles. The lowest BCUT2D eigenvalue weighted by molar-refractivity contribution is -0.0390. The Labute approximate surface area is 153 Å². The standard InChI is InChI=1S/C18H18N6O3/c19-16-13-17(21-8-20-16)24(9-22-13)18-15(26)14(25)12(27-18)7-23-6-5-10-3-1-2-4-11(10)23/h1-6,8-9,12,14-15,18,25-26H,7H2,(H2,19,20,21)/t12-,14-,15-,18-/m1/s1. The van der Waals surface area contributed by atoms with Gasteiger partial charge in [0.05, 0.1) is 12.9 Å². The lowest BCUT2D eigenvalue weighted by Gasteiger charge is -2.17. The summed E-state index contributed by atoms with van der Waals surface area (Å²) in [5, 5.41) is 22.2. The van der Waals surface area contributed by atoms with Gasteiger partial charge in [0.25, 0.3) is 0 Å². The first-order valence-corrected chi connectivity index (χ1v) is 8.62. The fourth-order valence-corrected chi connectivity index (χ4v) is 3.66. The third kappa shape index (κ3) is 2.47. The van der Waals surface area contributed by atoms with Gasteiger partial charge in [-0.3, -0.25) is 4.57 Å². The molecule has 0 spiro atoms. The highest BCUT2D eigenvalue weighted by Gasteiger charge is 2.44. The number of aliphatic hydroxyl groups is 2. The Morgan fingerprint density at radius 2 is 1.93 bits per heavy atom. The van der Waals surface area contributed by atoms with Gasteiger partial charge in [-0.05, 0) is 17.5 Å². The highest BCUT2D eigenvalue weighted by molar-refractivity contribution is 5.81. The van der Waals surface area contributed by atoms with Gasteiger partial charge in [-0.2, -0.15) is 0 Å². The van der Waals surface area contributed by atoms with Crippen molar-refractivity contribution in [1.82, 2.24) is 24.1 Å². The maximum atomic E-state index is 10.6. The van der Waals surface area contributed by atoms with E-state index in [-0.39, 0.29) is 5.82 Å². The minimum atomic E-state index is -1.12. The van der Waals surface area contributed by atoms with E-state index in [1.165, 1.54) is 12.7 Å². The van der Waals surface area contributed by atoms with Crippen LogP contribution in [0.5, 0.6) is 0 Å². The summed E-state index contributed by atoms with van der Waals surface area (Å²) in [4.78, 5) is 12.3. The number of fused-ring (bicyclic) bond motifs is 2.